The van der Waals surface area contributed by atoms with Crippen LogP contribution in [0.2, 0.25) is 0 Å². The molecule has 0 radical (unpaired) electrons. The highest BCUT2D eigenvalue weighted by Crippen LogP contribution is 2.41. The van der Waals surface area contributed by atoms with Crippen LogP contribution >= 0.6 is 0 Å². The Morgan fingerprint density at radius 2 is 2.06 bits per heavy atom. The zero-order valence-electron chi connectivity index (χ0n) is 10.4. The minimum atomic E-state index is 0.146. The third-order valence-corrected chi connectivity index (χ3v) is 3.73. The molecule has 1 aliphatic heterocycles. The van der Waals surface area contributed by atoms with Crippen LogP contribution in [-0.4, -0.2) is 25.0 Å². The first-order valence-corrected chi connectivity index (χ1v) is 6.33. The summed E-state index contributed by atoms with van der Waals surface area (Å²) in [5, 5.41) is 0. The van der Waals surface area contributed by atoms with Crippen molar-refractivity contribution < 1.29 is 4.79 Å². The van der Waals surface area contributed by atoms with Gasteiger partial charge in [-0.3, -0.25) is 4.79 Å². The molecule has 3 rings (SSSR count). The molecule has 0 spiro atoms. The van der Waals surface area contributed by atoms with Crippen molar-refractivity contribution in [2.24, 2.45) is 0 Å². The van der Waals surface area contributed by atoms with Crippen molar-refractivity contribution in [2.75, 3.05) is 22.9 Å². The van der Waals surface area contributed by atoms with Gasteiger partial charge in [0.25, 0.3) is 0 Å². The van der Waals surface area contributed by atoms with Gasteiger partial charge in [0, 0.05) is 26.1 Å². The van der Waals surface area contributed by atoms with Gasteiger partial charge < -0.3 is 9.80 Å². The van der Waals surface area contributed by atoms with Crippen molar-refractivity contribution in [3.8, 4) is 0 Å². The second-order valence-electron chi connectivity index (χ2n) is 5.04. The monoisotopic (exact) mass is 230 g/mol. The topological polar surface area (TPSA) is 23.6 Å². The van der Waals surface area contributed by atoms with E-state index in [1.807, 2.05) is 11.0 Å². The summed E-state index contributed by atoms with van der Waals surface area (Å²) in [4.78, 5) is 16.1. The summed E-state index contributed by atoms with van der Waals surface area (Å²) in [6.45, 7) is 5.58. The van der Waals surface area contributed by atoms with Crippen LogP contribution in [-0.2, 0) is 4.79 Å². The quantitative estimate of drug-likeness (QED) is 0.739. The number of aryl methyl sites for hydroxylation is 1. The first-order chi connectivity index (χ1) is 8.18. The molecular weight excluding hydrogens is 212 g/mol. The molecule has 1 heterocycles. The Morgan fingerprint density at radius 3 is 2.71 bits per heavy atom. The van der Waals surface area contributed by atoms with Crippen molar-refractivity contribution in [1.82, 2.24) is 0 Å². The number of hydrogen-bond donors (Lipinski definition) is 0. The summed E-state index contributed by atoms with van der Waals surface area (Å²) >= 11 is 0. The van der Waals surface area contributed by atoms with Gasteiger partial charge in [-0.1, -0.05) is 12.1 Å². The molecule has 0 unspecified atom stereocenters. The number of fused-ring (bicyclic) bond motifs is 1. The highest BCUT2D eigenvalue weighted by Gasteiger charge is 2.35. The summed E-state index contributed by atoms with van der Waals surface area (Å²) in [5.74, 6) is 0.146. The first-order valence-electron chi connectivity index (χ1n) is 6.33. The molecular formula is C14H18N2O. The molecule has 3 nitrogen and oxygen atoms in total. The predicted octanol–water partition coefficient (Wildman–Crippen LogP) is 2.33. The minimum absolute atomic E-state index is 0.146. The normalized spacial score (nSPS) is 19.2. The average molecular weight is 230 g/mol. The fraction of sp³-hybridized carbons (Fsp3) is 0.500. The molecule has 2 aliphatic rings. The highest BCUT2D eigenvalue weighted by molar-refractivity contribution is 5.97. The predicted molar refractivity (Wildman–Crippen MR) is 69.6 cm³/mol. The van der Waals surface area contributed by atoms with Crippen LogP contribution in [0.1, 0.15) is 25.3 Å². The van der Waals surface area contributed by atoms with Crippen LogP contribution in [0.15, 0.2) is 18.2 Å². The summed E-state index contributed by atoms with van der Waals surface area (Å²) < 4.78 is 0. The van der Waals surface area contributed by atoms with E-state index in [9.17, 15) is 4.79 Å². The zero-order chi connectivity index (χ0) is 12.0. The minimum Gasteiger partial charge on any atom is -0.365 e. The largest absolute Gasteiger partial charge is 0.365 e. The number of amides is 1. The third-order valence-electron chi connectivity index (χ3n) is 3.73. The number of nitrogens with zero attached hydrogens (tertiary/aromatic N) is 2. The molecule has 1 aliphatic carbocycles. The van der Waals surface area contributed by atoms with Gasteiger partial charge in [-0.2, -0.15) is 0 Å². The van der Waals surface area contributed by atoms with Gasteiger partial charge in [0.2, 0.25) is 5.91 Å². The molecule has 1 saturated carbocycles. The Hall–Kier alpha value is -1.51. The van der Waals surface area contributed by atoms with Crippen molar-refractivity contribution in [3.63, 3.8) is 0 Å². The van der Waals surface area contributed by atoms with Crippen molar-refractivity contribution in [3.05, 3.63) is 23.8 Å². The molecule has 1 fully saturated rings. The highest BCUT2D eigenvalue weighted by atomic mass is 16.2. The number of carbonyl (C=O) groups is 1. The van der Waals surface area contributed by atoms with E-state index < -0.39 is 0 Å². The van der Waals surface area contributed by atoms with Crippen molar-refractivity contribution in [1.29, 1.82) is 0 Å². The maximum Gasteiger partial charge on any atom is 0.223 e. The third kappa shape index (κ3) is 1.70. The number of para-hydroxylation sites is 1. The summed E-state index contributed by atoms with van der Waals surface area (Å²) in [5.41, 5.74) is 3.65. The number of carbonyl (C=O) groups excluding carboxylic acids is 1. The fourth-order valence-electron chi connectivity index (χ4n) is 2.75. The van der Waals surface area contributed by atoms with Gasteiger partial charge in [-0.15, -0.1) is 0 Å². The number of hydrogen-bond acceptors (Lipinski definition) is 2. The molecule has 90 valence electrons. The lowest BCUT2D eigenvalue weighted by Gasteiger charge is -2.38. The maximum absolute atomic E-state index is 11.7. The molecule has 17 heavy (non-hydrogen) atoms. The van der Waals surface area contributed by atoms with Crippen molar-refractivity contribution in [2.45, 2.75) is 32.7 Å². The van der Waals surface area contributed by atoms with E-state index in [1.165, 1.54) is 24.1 Å². The Balaban J connectivity index is 2.08. The number of anilines is 2. The fourth-order valence-corrected chi connectivity index (χ4v) is 2.75. The van der Waals surface area contributed by atoms with E-state index in [-0.39, 0.29) is 5.91 Å². The van der Waals surface area contributed by atoms with Crippen LogP contribution in [0, 0.1) is 6.92 Å². The number of benzene rings is 1. The molecule has 3 heteroatoms. The average Bonchev–Trinajstić information content (AvgIpc) is 3.11. The van der Waals surface area contributed by atoms with Gasteiger partial charge in [-0.25, -0.2) is 0 Å². The van der Waals surface area contributed by atoms with Crippen LogP contribution < -0.4 is 9.80 Å². The van der Waals surface area contributed by atoms with Crippen LogP contribution in [0.3, 0.4) is 0 Å². The van der Waals surface area contributed by atoms with Gasteiger partial charge in [0.1, 0.15) is 0 Å². The zero-order valence-corrected chi connectivity index (χ0v) is 10.4. The second-order valence-corrected chi connectivity index (χ2v) is 5.04. The Morgan fingerprint density at radius 1 is 1.29 bits per heavy atom. The van der Waals surface area contributed by atoms with E-state index in [0.717, 1.165) is 18.8 Å². The summed E-state index contributed by atoms with van der Waals surface area (Å²) in [6.07, 6.45) is 2.60. The Labute approximate surface area is 102 Å². The van der Waals surface area contributed by atoms with Crippen LogP contribution in [0.25, 0.3) is 0 Å². The molecule has 1 amide bonds. The van der Waals surface area contributed by atoms with Crippen LogP contribution in [0.4, 0.5) is 11.4 Å². The molecule has 0 N–H and O–H groups in total. The van der Waals surface area contributed by atoms with Gasteiger partial charge in [0.05, 0.1) is 11.4 Å². The maximum atomic E-state index is 11.7. The van der Waals surface area contributed by atoms with E-state index >= 15 is 0 Å². The van der Waals surface area contributed by atoms with Gasteiger partial charge in [0.15, 0.2) is 0 Å². The van der Waals surface area contributed by atoms with E-state index in [1.54, 1.807) is 6.92 Å². The Kier molecular flexibility index (Phi) is 2.35. The standard InChI is InChI=1S/C14H18N2O/c1-10-4-3-5-13-14(10)16(12-6-7-12)9-8-15(13)11(2)17/h3-5,12H,6-9H2,1-2H3. The van der Waals surface area contributed by atoms with Crippen LogP contribution in [0.5, 0.6) is 0 Å². The lowest BCUT2D eigenvalue weighted by atomic mass is 10.1. The van der Waals surface area contributed by atoms with E-state index in [2.05, 4.69) is 24.0 Å². The van der Waals surface area contributed by atoms with Gasteiger partial charge >= 0.3 is 0 Å². The molecule has 0 saturated heterocycles. The summed E-state index contributed by atoms with van der Waals surface area (Å²) in [6, 6.07) is 6.96. The molecule has 0 atom stereocenters. The Bertz CT molecular complexity index is 465. The second kappa shape index (κ2) is 3.76. The lowest BCUT2D eigenvalue weighted by molar-refractivity contribution is -0.116. The summed E-state index contributed by atoms with van der Waals surface area (Å²) in [7, 11) is 0. The first kappa shape index (κ1) is 10.6. The molecule has 1 aromatic rings. The van der Waals surface area contributed by atoms with E-state index in [4.69, 9.17) is 0 Å². The SMILES string of the molecule is CC(=O)N1CCN(C2CC2)c2c(C)cccc21. The van der Waals surface area contributed by atoms with Gasteiger partial charge in [-0.05, 0) is 31.4 Å². The smallest absolute Gasteiger partial charge is 0.223 e. The molecule has 0 aromatic heterocycles. The van der Waals surface area contributed by atoms with Crippen molar-refractivity contribution >= 4 is 17.3 Å². The lowest BCUT2D eigenvalue weighted by Crippen LogP contribution is -2.44. The molecule has 0 bridgehead atoms. The van der Waals surface area contributed by atoms with E-state index in [0.29, 0.717) is 6.04 Å². The molecule has 1 aromatic carbocycles. The number of rotatable bonds is 1.